The third kappa shape index (κ3) is 8.88. The first kappa shape index (κ1) is 31.2. The Morgan fingerprint density at radius 1 is 0.455 bits per heavy atom. The van der Waals surface area contributed by atoms with Crippen LogP contribution in [0.15, 0.2) is 109 Å². The molecule has 4 aromatic carbocycles. The van der Waals surface area contributed by atoms with E-state index in [-0.39, 0.29) is 11.6 Å². The summed E-state index contributed by atoms with van der Waals surface area (Å²) in [6, 6.07) is 37.2. The van der Waals surface area contributed by atoms with Crippen molar-refractivity contribution in [1.82, 2.24) is 9.80 Å². The summed E-state index contributed by atoms with van der Waals surface area (Å²) in [6.45, 7) is 13.7. The molecule has 2 aliphatic heterocycles. The van der Waals surface area contributed by atoms with Gasteiger partial charge in [0.1, 0.15) is 0 Å². The van der Waals surface area contributed by atoms with Crippen molar-refractivity contribution in [3.8, 4) is 0 Å². The molecule has 0 unspecified atom stereocenters. The van der Waals surface area contributed by atoms with Gasteiger partial charge in [0.2, 0.25) is 0 Å². The Labute approximate surface area is 262 Å². The normalized spacial score (nSPS) is 15.8. The van der Waals surface area contributed by atoms with Crippen LogP contribution in [0.1, 0.15) is 45.7 Å². The summed E-state index contributed by atoms with van der Waals surface area (Å²) >= 11 is 0. The summed E-state index contributed by atoms with van der Waals surface area (Å²) in [7, 11) is 0. The molecule has 0 radical (unpaired) electrons. The predicted octanol–water partition coefficient (Wildman–Crippen LogP) is 6.42. The first-order chi connectivity index (χ1) is 21.4. The fraction of sp³-hybridized carbons (Fsp3) is 0.316. The highest BCUT2D eigenvalue weighted by atomic mass is 16.1. The van der Waals surface area contributed by atoms with Gasteiger partial charge in [-0.3, -0.25) is 19.4 Å². The van der Waals surface area contributed by atoms with Crippen LogP contribution >= 0.6 is 0 Å². The SMILES string of the molecule is CC(=O)c1ccc(N2CCN(Cc3ccccc3)CC2)cc1.CC(=O)c1ccc(N2CCN(Cc3ccccc3)CC2)cc1. The van der Waals surface area contributed by atoms with Crippen LogP contribution in [0.5, 0.6) is 0 Å². The monoisotopic (exact) mass is 588 g/mol. The topological polar surface area (TPSA) is 47.1 Å². The van der Waals surface area contributed by atoms with Crippen molar-refractivity contribution in [2.75, 3.05) is 62.2 Å². The van der Waals surface area contributed by atoms with Crippen LogP contribution < -0.4 is 9.80 Å². The van der Waals surface area contributed by atoms with Gasteiger partial charge in [-0.05, 0) is 73.5 Å². The summed E-state index contributed by atoms with van der Waals surface area (Å²) in [5, 5.41) is 0. The Morgan fingerprint density at radius 2 is 0.773 bits per heavy atom. The smallest absolute Gasteiger partial charge is 0.159 e. The van der Waals surface area contributed by atoms with Crippen LogP contribution in [0.4, 0.5) is 11.4 Å². The van der Waals surface area contributed by atoms with Crippen LogP contribution in [-0.4, -0.2) is 73.7 Å². The molecule has 0 bridgehead atoms. The first-order valence-electron chi connectivity index (χ1n) is 15.7. The van der Waals surface area contributed by atoms with Gasteiger partial charge in [-0.15, -0.1) is 0 Å². The molecule has 6 heteroatoms. The molecule has 0 N–H and O–H groups in total. The number of anilines is 2. The lowest BCUT2D eigenvalue weighted by Gasteiger charge is -2.36. The Morgan fingerprint density at radius 3 is 1.07 bits per heavy atom. The number of carbonyl (C=O) groups is 2. The van der Waals surface area contributed by atoms with Gasteiger partial charge in [0.15, 0.2) is 11.6 Å². The van der Waals surface area contributed by atoms with E-state index in [4.69, 9.17) is 0 Å². The van der Waals surface area contributed by atoms with E-state index in [1.165, 1.54) is 22.5 Å². The number of Topliss-reactive ketones (excluding diaryl/α,β-unsaturated/α-hetero) is 2. The second-order valence-corrected chi connectivity index (χ2v) is 11.7. The van der Waals surface area contributed by atoms with Crippen molar-refractivity contribution in [2.45, 2.75) is 26.9 Å². The van der Waals surface area contributed by atoms with Crippen molar-refractivity contribution in [3.63, 3.8) is 0 Å². The van der Waals surface area contributed by atoms with E-state index in [0.717, 1.165) is 76.6 Å². The largest absolute Gasteiger partial charge is 0.369 e. The summed E-state index contributed by atoms with van der Waals surface area (Å²) in [5.74, 6) is 0.249. The van der Waals surface area contributed by atoms with Crippen LogP contribution in [-0.2, 0) is 13.1 Å². The van der Waals surface area contributed by atoms with Crippen LogP contribution in [0.25, 0.3) is 0 Å². The van der Waals surface area contributed by atoms with E-state index in [0.29, 0.717) is 0 Å². The lowest BCUT2D eigenvalue weighted by atomic mass is 10.1. The zero-order valence-electron chi connectivity index (χ0n) is 26.1. The molecular weight excluding hydrogens is 544 g/mol. The number of hydrogen-bond donors (Lipinski definition) is 0. The number of carbonyl (C=O) groups excluding carboxylic acids is 2. The quantitative estimate of drug-likeness (QED) is 0.221. The minimum Gasteiger partial charge on any atom is -0.369 e. The molecule has 0 saturated carbocycles. The van der Waals surface area contributed by atoms with Crippen molar-refractivity contribution in [1.29, 1.82) is 0 Å². The lowest BCUT2D eigenvalue weighted by Crippen LogP contribution is -2.45. The molecule has 4 aromatic rings. The first-order valence-corrected chi connectivity index (χ1v) is 15.7. The van der Waals surface area contributed by atoms with Crippen molar-refractivity contribution in [2.24, 2.45) is 0 Å². The van der Waals surface area contributed by atoms with Gasteiger partial charge in [-0.25, -0.2) is 0 Å². The average Bonchev–Trinajstić information content (AvgIpc) is 3.07. The number of nitrogens with zero attached hydrogens (tertiary/aromatic N) is 4. The number of benzene rings is 4. The summed E-state index contributed by atoms with van der Waals surface area (Å²) in [6.07, 6.45) is 0. The van der Waals surface area contributed by atoms with E-state index in [1.807, 2.05) is 24.3 Å². The average molecular weight is 589 g/mol. The fourth-order valence-electron chi connectivity index (χ4n) is 5.83. The molecule has 0 amide bonds. The zero-order chi connectivity index (χ0) is 30.7. The van der Waals surface area contributed by atoms with Crippen LogP contribution in [0, 0.1) is 0 Å². The molecule has 0 atom stereocenters. The van der Waals surface area contributed by atoms with Gasteiger partial charge in [0, 0.05) is 87.9 Å². The summed E-state index contributed by atoms with van der Waals surface area (Å²) in [4.78, 5) is 32.4. The number of rotatable bonds is 8. The van der Waals surface area contributed by atoms with Crippen molar-refractivity contribution >= 4 is 22.9 Å². The van der Waals surface area contributed by atoms with Gasteiger partial charge in [0.05, 0.1) is 0 Å². The number of piperazine rings is 2. The molecular formula is C38H44N4O2. The van der Waals surface area contributed by atoms with Crippen molar-refractivity contribution in [3.05, 3.63) is 131 Å². The summed E-state index contributed by atoms with van der Waals surface area (Å²) < 4.78 is 0. The Hall–Kier alpha value is -4.26. The molecule has 44 heavy (non-hydrogen) atoms. The van der Waals surface area contributed by atoms with E-state index >= 15 is 0 Å². The highest BCUT2D eigenvalue weighted by Gasteiger charge is 2.18. The Bertz CT molecular complexity index is 1340. The highest BCUT2D eigenvalue weighted by molar-refractivity contribution is 5.94. The molecule has 0 aromatic heterocycles. The Kier molecular flexibility index (Phi) is 11.0. The second kappa shape index (κ2) is 15.5. The van der Waals surface area contributed by atoms with Gasteiger partial charge in [-0.1, -0.05) is 60.7 Å². The van der Waals surface area contributed by atoms with E-state index in [1.54, 1.807) is 13.8 Å². The van der Waals surface area contributed by atoms with Gasteiger partial charge < -0.3 is 9.80 Å². The van der Waals surface area contributed by atoms with Gasteiger partial charge in [-0.2, -0.15) is 0 Å². The number of ketones is 2. The number of hydrogen-bond acceptors (Lipinski definition) is 6. The molecule has 228 valence electrons. The fourth-order valence-corrected chi connectivity index (χ4v) is 5.83. The van der Waals surface area contributed by atoms with Gasteiger partial charge in [0.25, 0.3) is 0 Å². The molecule has 2 heterocycles. The third-order valence-electron chi connectivity index (χ3n) is 8.52. The molecule has 0 aliphatic carbocycles. The van der Waals surface area contributed by atoms with E-state index in [9.17, 15) is 9.59 Å². The third-order valence-corrected chi connectivity index (χ3v) is 8.52. The molecule has 2 saturated heterocycles. The predicted molar refractivity (Wildman–Crippen MR) is 181 cm³/mol. The maximum atomic E-state index is 11.3. The van der Waals surface area contributed by atoms with E-state index in [2.05, 4.69) is 105 Å². The summed E-state index contributed by atoms with van der Waals surface area (Å²) in [5.41, 5.74) is 6.75. The minimum absolute atomic E-state index is 0.124. The molecule has 0 spiro atoms. The van der Waals surface area contributed by atoms with Gasteiger partial charge >= 0.3 is 0 Å². The molecule has 2 aliphatic rings. The van der Waals surface area contributed by atoms with Crippen LogP contribution in [0.2, 0.25) is 0 Å². The molecule has 6 nitrogen and oxygen atoms in total. The van der Waals surface area contributed by atoms with Crippen LogP contribution in [0.3, 0.4) is 0 Å². The van der Waals surface area contributed by atoms with Crippen molar-refractivity contribution < 1.29 is 9.59 Å². The highest BCUT2D eigenvalue weighted by Crippen LogP contribution is 2.20. The Balaban J connectivity index is 0.000000175. The minimum atomic E-state index is 0.124. The second-order valence-electron chi connectivity index (χ2n) is 11.7. The maximum absolute atomic E-state index is 11.3. The van der Waals surface area contributed by atoms with E-state index < -0.39 is 0 Å². The standard InChI is InChI=1S/2C19H22N2O/c2*1-16(22)18-7-9-19(10-8-18)21-13-11-20(12-14-21)15-17-5-3-2-4-6-17/h2*2-10H,11-15H2,1H3. The zero-order valence-corrected chi connectivity index (χ0v) is 26.1. The maximum Gasteiger partial charge on any atom is 0.159 e. The lowest BCUT2D eigenvalue weighted by molar-refractivity contribution is 0.100. The molecule has 6 rings (SSSR count). The molecule has 2 fully saturated rings.